The summed E-state index contributed by atoms with van der Waals surface area (Å²) in [6.45, 7) is 2.48. The van der Waals surface area contributed by atoms with Crippen LogP contribution >= 0.6 is 0 Å². The Kier molecular flexibility index (Phi) is 4.90. The van der Waals surface area contributed by atoms with Gasteiger partial charge in [0.05, 0.1) is 6.20 Å². The highest BCUT2D eigenvalue weighted by Crippen LogP contribution is 2.26. The second-order valence-electron chi connectivity index (χ2n) is 8.46. The first-order valence-corrected chi connectivity index (χ1v) is 11.2. The van der Waals surface area contributed by atoms with Crippen LogP contribution in [-0.4, -0.2) is 47.1 Å². The lowest BCUT2D eigenvalue weighted by molar-refractivity contribution is -0.115. The fourth-order valence-electron chi connectivity index (χ4n) is 3.82. The van der Waals surface area contributed by atoms with Gasteiger partial charge in [0.2, 0.25) is 11.9 Å². The number of hydrogen-bond donors (Lipinski definition) is 4. The van der Waals surface area contributed by atoms with E-state index in [1.54, 1.807) is 23.0 Å². The minimum atomic E-state index is -0.556. The molecular formula is C23H22N10O2. The average Bonchev–Trinajstić information content (AvgIpc) is 3.25. The van der Waals surface area contributed by atoms with Crippen molar-refractivity contribution in [3.05, 3.63) is 65.5 Å². The van der Waals surface area contributed by atoms with Crippen molar-refractivity contribution < 1.29 is 9.59 Å². The first-order chi connectivity index (χ1) is 17.0. The van der Waals surface area contributed by atoms with E-state index in [2.05, 4.69) is 41.3 Å². The van der Waals surface area contributed by atoms with Crippen LogP contribution in [0.25, 0.3) is 17.4 Å². The summed E-state index contributed by atoms with van der Waals surface area (Å²) < 4.78 is 3.62. The van der Waals surface area contributed by atoms with Gasteiger partial charge in [0.1, 0.15) is 11.5 Å². The number of anilines is 2. The molecule has 6 rings (SSSR count). The lowest BCUT2D eigenvalue weighted by Crippen LogP contribution is -2.22. The number of imidazole rings is 1. The molecule has 12 heteroatoms. The van der Waals surface area contributed by atoms with E-state index in [4.69, 9.17) is 0 Å². The van der Waals surface area contributed by atoms with Crippen molar-refractivity contribution >= 4 is 35.6 Å². The van der Waals surface area contributed by atoms with Gasteiger partial charge < -0.3 is 20.5 Å². The van der Waals surface area contributed by atoms with Crippen molar-refractivity contribution in [3.8, 4) is 5.69 Å². The standard InChI is InChI=1S/C23H22N10O2/c1-13-24-8-9-32(13)17-6-2-14(3-7-17)11-25-21-29-19-15(10-18-20(34)30-23(35)28-18)12-26-33(19)22(31-21)27-16-4-5-16/h2-3,6-10,12,16H,4-5,11H2,1H3,(H2,25,27,29,31)(H2,28,30,34,35)/b18-10-. The number of nitrogens with one attached hydrogen (secondary N) is 4. The summed E-state index contributed by atoms with van der Waals surface area (Å²) in [6.07, 6.45) is 8.99. The van der Waals surface area contributed by atoms with Crippen molar-refractivity contribution in [1.82, 2.24) is 39.8 Å². The molecule has 0 unspecified atom stereocenters. The third-order valence-electron chi connectivity index (χ3n) is 5.82. The fraction of sp³-hybridized carbons (Fsp3) is 0.217. The highest BCUT2D eigenvalue weighted by atomic mass is 16.2. The third kappa shape index (κ3) is 4.16. The van der Waals surface area contributed by atoms with Crippen LogP contribution in [0.5, 0.6) is 0 Å². The van der Waals surface area contributed by atoms with Gasteiger partial charge in [0.15, 0.2) is 5.65 Å². The van der Waals surface area contributed by atoms with Crippen LogP contribution in [0.3, 0.4) is 0 Å². The lowest BCUT2D eigenvalue weighted by atomic mass is 10.2. The van der Waals surface area contributed by atoms with Gasteiger partial charge in [-0.2, -0.15) is 19.6 Å². The molecule has 4 N–H and O–H groups in total. The minimum absolute atomic E-state index is 0.142. The minimum Gasteiger partial charge on any atom is -0.351 e. The van der Waals surface area contributed by atoms with Gasteiger partial charge in [-0.1, -0.05) is 12.1 Å². The molecule has 4 heterocycles. The summed E-state index contributed by atoms with van der Waals surface area (Å²) in [5.74, 6) is 1.42. The van der Waals surface area contributed by atoms with E-state index in [1.165, 1.54) is 0 Å². The predicted molar refractivity (Wildman–Crippen MR) is 128 cm³/mol. The van der Waals surface area contributed by atoms with E-state index < -0.39 is 11.9 Å². The first-order valence-electron chi connectivity index (χ1n) is 11.2. The SMILES string of the molecule is Cc1nccn1-c1ccc(CNc2nc(NC3CC3)n3ncc(/C=C4\NC(=O)NC4=O)c3n2)cc1. The molecule has 0 spiro atoms. The molecule has 1 aromatic carbocycles. The van der Waals surface area contributed by atoms with Crippen LogP contribution in [0.2, 0.25) is 0 Å². The zero-order valence-electron chi connectivity index (χ0n) is 18.8. The van der Waals surface area contributed by atoms with Crippen LogP contribution in [0.1, 0.15) is 29.8 Å². The summed E-state index contributed by atoms with van der Waals surface area (Å²) in [6, 6.07) is 7.96. The summed E-state index contributed by atoms with van der Waals surface area (Å²) >= 11 is 0. The maximum atomic E-state index is 12.0. The highest BCUT2D eigenvalue weighted by molar-refractivity contribution is 6.14. The van der Waals surface area contributed by atoms with Crippen LogP contribution in [0, 0.1) is 6.92 Å². The normalized spacial score (nSPS) is 16.5. The lowest BCUT2D eigenvalue weighted by Gasteiger charge is -2.11. The number of aryl methyl sites for hydroxylation is 1. The monoisotopic (exact) mass is 470 g/mol. The van der Waals surface area contributed by atoms with Gasteiger partial charge in [-0.15, -0.1) is 0 Å². The molecule has 0 radical (unpaired) electrons. The van der Waals surface area contributed by atoms with Gasteiger partial charge in [-0.3, -0.25) is 10.1 Å². The molecule has 2 fully saturated rings. The molecule has 1 saturated carbocycles. The number of benzene rings is 1. The fourth-order valence-corrected chi connectivity index (χ4v) is 3.82. The summed E-state index contributed by atoms with van der Waals surface area (Å²) in [4.78, 5) is 36.9. The van der Waals surface area contributed by atoms with Gasteiger partial charge in [-0.25, -0.2) is 9.78 Å². The molecule has 3 amide bonds. The van der Waals surface area contributed by atoms with E-state index in [1.807, 2.05) is 42.0 Å². The zero-order chi connectivity index (χ0) is 23.9. The van der Waals surface area contributed by atoms with Gasteiger partial charge in [0.25, 0.3) is 5.91 Å². The molecule has 0 atom stereocenters. The first kappa shape index (κ1) is 20.8. The Morgan fingerprint density at radius 3 is 2.66 bits per heavy atom. The maximum Gasteiger partial charge on any atom is 0.326 e. The highest BCUT2D eigenvalue weighted by Gasteiger charge is 2.26. The second-order valence-corrected chi connectivity index (χ2v) is 8.46. The van der Waals surface area contributed by atoms with Gasteiger partial charge in [-0.05, 0) is 43.5 Å². The second kappa shape index (κ2) is 8.24. The van der Waals surface area contributed by atoms with Crippen molar-refractivity contribution in [1.29, 1.82) is 0 Å². The Morgan fingerprint density at radius 2 is 1.97 bits per heavy atom. The van der Waals surface area contributed by atoms with E-state index in [-0.39, 0.29) is 5.70 Å². The topological polar surface area (TPSA) is 143 Å². The summed E-state index contributed by atoms with van der Waals surface area (Å²) in [7, 11) is 0. The number of amides is 3. The molecule has 3 aromatic heterocycles. The summed E-state index contributed by atoms with van der Waals surface area (Å²) in [5.41, 5.74) is 3.34. The zero-order valence-corrected chi connectivity index (χ0v) is 18.8. The Hall–Kier alpha value is -4.74. The number of nitrogens with zero attached hydrogens (tertiary/aromatic N) is 6. The number of rotatable bonds is 7. The Labute approximate surface area is 199 Å². The molecule has 1 saturated heterocycles. The Morgan fingerprint density at radius 1 is 1.14 bits per heavy atom. The number of hydrogen-bond acceptors (Lipinski definition) is 8. The van der Waals surface area contributed by atoms with Crippen molar-refractivity contribution in [3.63, 3.8) is 0 Å². The molecule has 4 aromatic rings. The number of carbonyl (C=O) groups excluding carboxylic acids is 2. The molecular weight excluding hydrogens is 448 g/mol. The average molecular weight is 470 g/mol. The van der Waals surface area contributed by atoms with Crippen molar-refractivity contribution in [2.45, 2.75) is 32.4 Å². The molecule has 12 nitrogen and oxygen atoms in total. The molecule has 0 bridgehead atoms. The molecule has 176 valence electrons. The van der Waals surface area contributed by atoms with E-state index >= 15 is 0 Å². The number of imide groups is 1. The smallest absolute Gasteiger partial charge is 0.326 e. The molecule has 1 aliphatic heterocycles. The van der Waals surface area contributed by atoms with Crippen LogP contribution in [-0.2, 0) is 11.3 Å². The largest absolute Gasteiger partial charge is 0.351 e. The van der Waals surface area contributed by atoms with E-state index in [9.17, 15) is 9.59 Å². The number of aromatic nitrogens is 6. The third-order valence-corrected chi connectivity index (χ3v) is 5.82. The van der Waals surface area contributed by atoms with Crippen molar-refractivity contribution in [2.75, 3.05) is 10.6 Å². The predicted octanol–water partition coefficient (Wildman–Crippen LogP) is 1.99. The molecule has 35 heavy (non-hydrogen) atoms. The van der Waals surface area contributed by atoms with E-state index in [0.29, 0.717) is 35.7 Å². The van der Waals surface area contributed by atoms with Crippen molar-refractivity contribution in [2.24, 2.45) is 0 Å². The summed E-state index contributed by atoms with van der Waals surface area (Å²) in [5, 5.41) is 15.7. The number of urea groups is 1. The maximum absolute atomic E-state index is 12.0. The quantitative estimate of drug-likeness (QED) is 0.237. The Balaban J connectivity index is 1.27. The molecule has 1 aliphatic carbocycles. The number of carbonyl (C=O) groups is 2. The molecule has 2 aliphatic rings. The van der Waals surface area contributed by atoms with Crippen LogP contribution in [0.4, 0.5) is 16.7 Å². The van der Waals surface area contributed by atoms with Gasteiger partial charge in [0, 0.05) is 36.2 Å². The number of fused-ring (bicyclic) bond motifs is 1. The van der Waals surface area contributed by atoms with Crippen LogP contribution in [0.15, 0.2) is 48.6 Å². The Bertz CT molecular complexity index is 1480. The van der Waals surface area contributed by atoms with Crippen LogP contribution < -0.4 is 21.3 Å². The van der Waals surface area contributed by atoms with E-state index in [0.717, 1.165) is 29.9 Å². The van der Waals surface area contributed by atoms with Gasteiger partial charge >= 0.3 is 6.03 Å².